The van der Waals surface area contributed by atoms with Gasteiger partial charge < -0.3 is 20.5 Å². The maximum Gasteiger partial charge on any atom is 0.191 e. The molecule has 7 heteroatoms. The second kappa shape index (κ2) is 9.80. The summed E-state index contributed by atoms with van der Waals surface area (Å²) in [5, 5.41) is 19.7. The van der Waals surface area contributed by atoms with Gasteiger partial charge in [0.05, 0.1) is 13.7 Å². The van der Waals surface area contributed by atoms with Gasteiger partial charge in [0.2, 0.25) is 0 Å². The summed E-state index contributed by atoms with van der Waals surface area (Å²) in [7, 11) is 1.62. The molecule has 3 N–H and O–H groups in total. The van der Waals surface area contributed by atoms with E-state index in [0.29, 0.717) is 17.5 Å². The lowest BCUT2D eigenvalue weighted by molar-refractivity contribution is 0.0711. The van der Waals surface area contributed by atoms with Crippen molar-refractivity contribution in [3.63, 3.8) is 0 Å². The summed E-state index contributed by atoms with van der Waals surface area (Å²) in [6.07, 6.45) is 0.758. The van der Waals surface area contributed by atoms with E-state index in [1.165, 1.54) is 11.3 Å². The fourth-order valence-corrected chi connectivity index (χ4v) is 3.46. The van der Waals surface area contributed by atoms with Gasteiger partial charge in [-0.25, -0.2) is 4.99 Å². The van der Waals surface area contributed by atoms with E-state index >= 15 is 0 Å². The van der Waals surface area contributed by atoms with Crippen molar-refractivity contribution in [2.24, 2.45) is 4.99 Å². The zero-order chi connectivity index (χ0) is 19.0. The number of hydrogen-bond donors (Lipinski definition) is 3. The normalized spacial score (nSPS) is 14.0. The average molecular weight is 396 g/mol. The Balaban J connectivity index is 1.93. The van der Waals surface area contributed by atoms with Gasteiger partial charge in [-0.2, -0.15) is 0 Å². The fraction of sp³-hybridized carbons (Fsp3) is 0.421. The van der Waals surface area contributed by atoms with Gasteiger partial charge in [0.25, 0.3) is 0 Å². The van der Waals surface area contributed by atoms with Crippen LogP contribution in [0.5, 0.6) is 5.75 Å². The Labute approximate surface area is 164 Å². The van der Waals surface area contributed by atoms with Crippen molar-refractivity contribution in [3.05, 3.63) is 51.2 Å². The zero-order valence-electron chi connectivity index (χ0n) is 15.4. The lowest BCUT2D eigenvalue weighted by atomic mass is 10.1. The number of methoxy groups -OCH3 is 1. The summed E-state index contributed by atoms with van der Waals surface area (Å²) >= 11 is 7.81. The first-order chi connectivity index (χ1) is 12.5. The van der Waals surface area contributed by atoms with Crippen LogP contribution in [0.15, 0.2) is 40.7 Å². The number of nitrogens with one attached hydrogen (secondary N) is 2. The highest BCUT2D eigenvalue weighted by molar-refractivity contribution is 7.10. The van der Waals surface area contributed by atoms with Crippen molar-refractivity contribution in [2.75, 3.05) is 26.7 Å². The molecule has 0 fully saturated rings. The average Bonchev–Trinajstić information content (AvgIpc) is 3.16. The number of guanidine groups is 1. The first-order valence-electron chi connectivity index (χ1n) is 8.57. The minimum atomic E-state index is -0.976. The highest BCUT2D eigenvalue weighted by Crippen LogP contribution is 2.25. The number of aliphatic imine (C=N–C) groups is 1. The second-order valence-electron chi connectivity index (χ2n) is 6.08. The third-order valence-electron chi connectivity index (χ3n) is 3.89. The fourth-order valence-electron chi connectivity index (χ4n) is 2.41. The molecular formula is C19H26ClN3O2S. The molecule has 0 radical (unpaired) electrons. The van der Waals surface area contributed by atoms with Crippen LogP contribution < -0.4 is 15.4 Å². The van der Waals surface area contributed by atoms with Crippen molar-refractivity contribution in [1.29, 1.82) is 0 Å². The van der Waals surface area contributed by atoms with Crippen LogP contribution in [0.25, 0.3) is 0 Å². The van der Waals surface area contributed by atoms with E-state index in [1.54, 1.807) is 14.0 Å². The smallest absolute Gasteiger partial charge is 0.191 e. The molecule has 1 atom stereocenters. The monoisotopic (exact) mass is 395 g/mol. The van der Waals surface area contributed by atoms with Crippen molar-refractivity contribution >= 4 is 28.9 Å². The Morgan fingerprint density at radius 2 is 2.15 bits per heavy atom. The number of benzene rings is 1. The standard InChI is InChI=1S/C19H26ClN3O2S/c1-4-21-18(23-13-19(2,24)17-6-5-11-26-17)22-10-9-14-7-8-15(25-3)12-16(14)20/h5-8,11-12,24H,4,9-10,13H2,1-3H3,(H2,21,22,23). The van der Waals surface area contributed by atoms with Gasteiger partial charge in [-0.15, -0.1) is 11.3 Å². The van der Waals surface area contributed by atoms with Crippen molar-refractivity contribution < 1.29 is 9.84 Å². The molecule has 5 nitrogen and oxygen atoms in total. The molecule has 0 aliphatic heterocycles. The largest absolute Gasteiger partial charge is 0.497 e. The van der Waals surface area contributed by atoms with E-state index in [1.807, 2.05) is 42.6 Å². The predicted molar refractivity (Wildman–Crippen MR) is 110 cm³/mol. The van der Waals surface area contributed by atoms with E-state index in [0.717, 1.165) is 29.2 Å². The number of halogens is 1. The first kappa shape index (κ1) is 20.6. The Morgan fingerprint density at radius 3 is 2.77 bits per heavy atom. The Hall–Kier alpha value is -1.76. The number of hydrogen-bond acceptors (Lipinski definition) is 4. The molecule has 0 saturated carbocycles. The van der Waals surface area contributed by atoms with Crippen molar-refractivity contribution in [3.8, 4) is 5.75 Å². The van der Waals surface area contributed by atoms with Gasteiger partial charge in [-0.3, -0.25) is 0 Å². The van der Waals surface area contributed by atoms with Crippen LogP contribution in [-0.2, 0) is 12.0 Å². The van der Waals surface area contributed by atoms with Gasteiger partial charge in [-0.1, -0.05) is 23.7 Å². The molecule has 0 aliphatic rings. The maximum absolute atomic E-state index is 10.6. The molecule has 0 spiro atoms. The van der Waals surface area contributed by atoms with Crippen LogP contribution in [0.3, 0.4) is 0 Å². The number of rotatable bonds is 8. The first-order valence-corrected chi connectivity index (χ1v) is 9.83. The van der Waals surface area contributed by atoms with E-state index in [4.69, 9.17) is 16.3 Å². The molecule has 142 valence electrons. The number of nitrogens with zero attached hydrogens (tertiary/aromatic N) is 1. The van der Waals surface area contributed by atoms with Gasteiger partial charge >= 0.3 is 0 Å². The van der Waals surface area contributed by atoms with E-state index in [-0.39, 0.29) is 6.54 Å². The van der Waals surface area contributed by atoms with E-state index in [9.17, 15) is 5.11 Å². The molecule has 2 aromatic rings. The number of ether oxygens (including phenoxy) is 1. The predicted octanol–water partition coefficient (Wildman–Crippen LogP) is 3.42. The summed E-state index contributed by atoms with van der Waals surface area (Å²) < 4.78 is 5.17. The molecule has 1 aromatic carbocycles. The van der Waals surface area contributed by atoms with Crippen LogP contribution >= 0.6 is 22.9 Å². The summed E-state index contributed by atoms with van der Waals surface area (Å²) in [4.78, 5) is 5.42. The summed E-state index contributed by atoms with van der Waals surface area (Å²) in [5.74, 6) is 1.42. The van der Waals surface area contributed by atoms with Crippen molar-refractivity contribution in [1.82, 2.24) is 10.6 Å². The summed E-state index contributed by atoms with van der Waals surface area (Å²) in [6, 6.07) is 9.54. The van der Waals surface area contributed by atoms with Crippen LogP contribution in [0.2, 0.25) is 5.02 Å². The molecule has 2 rings (SSSR count). The van der Waals surface area contributed by atoms with Crippen molar-refractivity contribution in [2.45, 2.75) is 25.9 Å². The topological polar surface area (TPSA) is 65.9 Å². The third-order valence-corrected chi connectivity index (χ3v) is 5.36. The van der Waals surface area contributed by atoms with Gasteiger partial charge in [0.15, 0.2) is 5.96 Å². The molecule has 26 heavy (non-hydrogen) atoms. The molecular weight excluding hydrogens is 370 g/mol. The minimum Gasteiger partial charge on any atom is -0.497 e. The lowest BCUT2D eigenvalue weighted by Crippen LogP contribution is -2.39. The van der Waals surface area contributed by atoms with Crippen LogP contribution in [0, 0.1) is 0 Å². The van der Waals surface area contributed by atoms with Crippen LogP contribution in [-0.4, -0.2) is 37.8 Å². The molecule has 0 saturated heterocycles. The Morgan fingerprint density at radius 1 is 1.35 bits per heavy atom. The quantitative estimate of drug-likeness (QED) is 0.473. The SMILES string of the molecule is CCNC(=NCC(C)(O)c1cccs1)NCCc1ccc(OC)cc1Cl. The van der Waals surface area contributed by atoms with Gasteiger partial charge in [-0.05, 0) is 49.4 Å². The summed E-state index contributed by atoms with van der Waals surface area (Å²) in [5.41, 5.74) is 0.0666. The lowest BCUT2D eigenvalue weighted by Gasteiger charge is -2.20. The molecule has 1 heterocycles. The third kappa shape index (κ3) is 5.90. The molecule has 0 bridgehead atoms. The summed E-state index contributed by atoms with van der Waals surface area (Å²) in [6.45, 7) is 5.50. The number of thiophene rings is 1. The van der Waals surface area contributed by atoms with E-state index < -0.39 is 5.60 Å². The maximum atomic E-state index is 10.6. The highest BCUT2D eigenvalue weighted by atomic mass is 35.5. The molecule has 0 aliphatic carbocycles. The molecule has 1 unspecified atom stereocenters. The Kier molecular flexibility index (Phi) is 7.75. The minimum absolute atomic E-state index is 0.284. The number of aliphatic hydroxyl groups is 1. The van der Waals surface area contributed by atoms with Crippen LogP contribution in [0.1, 0.15) is 24.3 Å². The Bertz CT molecular complexity index is 718. The highest BCUT2D eigenvalue weighted by Gasteiger charge is 2.23. The van der Waals surface area contributed by atoms with Gasteiger partial charge in [0, 0.05) is 23.0 Å². The van der Waals surface area contributed by atoms with E-state index in [2.05, 4.69) is 15.6 Å². The van der Waals surface area contributed by atoms with Crippen LogP contribution in [0.4, 0.5) is 0 Å². The second-order valence-corrected chi connectivity index (χ2v) is 7.44. The molecule has 1 aromatic heterocycles. The zero-order valence-corrected chi connectivity index (χ0v) is 17.0. The van der Waals surface area contributed by atoms with Gasteiger partial charge in [0.1, 0.15) is 11.4 Å². The molecule has 0 amide bonds.